The van der Waals surface area contributed by atoms with Gasteiger partial charge in [0.05, 0.1) is 0 Å². The van der Waals surface area contributed by atoms with Crippen LogP contribution in [0.2, 0.25) is 0 Å². The van der Waals surface area contributed by atoms with Gasteiger partial charge < -0.3 is 0 Å². The van der Waals surface area contributed by atoms with Crippen LogP contribution in [0.25, 0.3) is 0 Å². The van der Waals surface area contributed by atoms with E-state index in [0.29, 0.717) is 23.0 Å². The molecule has 0 saturated heterocycles. The van der Waals surface area contributed by atoms with E-state index in [-0.39, 0.29) is 11.4 Å². The predicted molar refractivity (Wildman–Crippen MR) is 52.9 cm³/mol. The van der Waals surface area contributed by atoms with Crippen LogP contribution in [0.3, 0.4) is 0 Å². The van der Waals surface area contributed by atoms with Crippen molar-refractivity contribution in [2.75, 3.05) is 10.6 Å². The van der Waals surface area contributed by atoms with Gasteiger partial charge in [-0.3, -0.25) is 0 Å². The van der Waals surface area contributed by atoms with Crippen LogP contribution in [0.5, 0.6) is 5.75 Å². The van der Waals surface area contributed by atoms with E-state index in [1.54, 1.807) is 0 Å². The number of amides is 2. The van der Waals surface area contributed by atoms with Crippen molar-refractivity contribution in [1.29, 1.82) is 0 Å². The van der Waals surface area contributed by atoms with Crippen molar-refractivity contribution in [2.24, 2.45) is 0 Å². The Hall–Kier alpha value is -1.52. The first-order chi connectivity index (χ1) is 6.69. The number of rotatable bonds is 4. The van der Waals surface area contributed by atoms with E-state index in [0.717, 1.165) is 0 Å². The van der Waals surface area contributed by atoms with E-state index in [9.17, 15) is 14.7 Å². The van der Waals surface area contributed by atoms with Crippen LogP contribution >= 0.6 is 0 Å². The number of aromatic hydroxyl groups is 1. The van der Waals surface area contributed by atoms with Gasteiger partial charge in [0.15, 0.2) is 0 Å². The molecule has 0 aliphatic heterocycles. The van der Waals surface area contributed by atoms with E-state index < -0.39 is 0 Å². The summed E-state index contributed by atoms with van der Waals surface area (Å²) in [6.45, 7) is 0. The molecule has 0 atom stereocenters. The summed E-state index contributed by atoms with van der Waals surface area (Å²) >= 11 is 2.69. The third-order valence-corrected chi connectivity index (χ3v) is 2.24. The molecule has 3 N–H and O–H groups in total. The summed E-state index contributed by atoms with van der Waals surface area (Å²) in [5.41, 5.74) is 0.735. The second-order valence-corrected chi connectivity index (χ2v) is 3.31. The number of benzene rings is 1. The summed E-state index contributed by atoms with van der Waals surface area (Å²) in [6.07, 6.45) is 0.962. The topological polar surface area (TPSA) is 78.4 Å². The molecule has 0 aliphatic carbocycles. The fourth-order valence-electron chi connectivity index (χ4n) is 0.924. The van der Waals surface area contributed by atoms with Crippen LogP contribution in [0.1, 0.15) is 0 Å². The van der Waals surface area contributed by atoms with Gasteiger partial charge in [0.2, 0.25) is 0 Å². The molecule has 0 heterocycles. The number of phenols is 1. The number of nitrogens with one attached hydrogen (secondary N) is 2. The van der Waals surface area contributed by atoms with Gasteiger partial charge in [-0.1, -0.05) is 0 Å². The van der Waals surface area contributed by atoms with Gasteiger partial charge in [0.1, 0.15) is 0 Å². The van der Waals surface area contributed by atoms with Crippen LogP contribution in [0, 0.1) is 0 Å². The Kier molecular flexibility index (Phi) is 3.50. The summed E-state index contributed by atoms with van der Waals surface area (Å²) in [7, 11) is 0. The first kappa shape index (κ1) is 10.6. The summed E-state index contributed by atoms with van der Waals surface area (Å²) in [6, 6.07) is 2.85. The minimum absolute atomic E-state index is 0.111. The molecule has 0 spiro atoms. The summed E-state index contributed by atoms with van der Waals surface area (Å²) in [5, 5.41) is 14.1. The molecular weight excluding hydrogens is 251 g/mol. The Labute approximate surface area is 88.3 Å². The Balaban J connectivity index is 3.09. The van der Waals surface area contributed by atoms with Gasteiger partial charge in [0.25, 0.3) is 0 Å². The fourth-order valence-corrected chi connectivity index (χ4v) is 1.42. The predicted octanol–water partition coefficient (Wildman–Crippen LogP) is -0.677. The molecule has 0 bridgehead atoms. The average molecular weight is 258 g/mol. The molecule has 0 saturated carbocycles. The number of carbonyl (C=O) groups excluding carboxylic acids is 2. The molecule has 0 unspecified atom stereocenters. The van der Waals surface area contributed by atoms with Crippen molar-refractivity contribution in [1.82, 2.24) is 0 Å². The second-order valence-electron chi connectivity index (χ2n) is 2.39. The van der Waals surface area contributed by atoms with E-state index >= 15 is 0 Å². The number of hydrogen-bond donors (Lipinski definition) is 3. The summed E-state index contributed by atoms with van der Waals surface area (Å²) < 4.78 is 0.624. The molecule has 0 aliphatic rings. The van der Waals surface area contributed by atoms with Gasteiger partial charge in [-0.15, -0.1) is 0 Å². The molecule has 73 valence electrons. The number of anilines is 2. The number of carbonyl (C=O) groups is 2. The zero-order chi connectivity index (χ0) is 10.6. The van der Waals surface area contributed by atoms with Gasteiger partial charge >= 0.3 is 87.9 Å². The third kappa shape index (κ3) is 2.25. The maximum atomic E-state index is 10.2. The van der Waals surface area contributed by atoms with E-state index in [4.69, 9.17) is 0 Å². The number of phenolic OH excluding ortho intramolecular Hbond substituents is 1. The second kappa shape index (κ2) is 4.64. The van der Waals surface area contributed by atoms with Crippen LogP contribution < -0.4 is 15.1 Å². The molecular formula is C8H7N2O3Se. The van der Waals surface area contributed by atoms with Crippen molar-refractivity contribution >= 4 is 44.7 Å². The maximum absolute atomic E-state index is 10.2. The van der Waals surface area contributed by atoms with Crippen molar-refractivity contribution in [3.8, 4) is 5.75 Å². The molecule has 0 aromatic heterocycles. The quantitative estimate of drug-likeness (QED) is 0.380. The molecule has 1 radical (unpaired) electrons. The van der Waals surface area contributed by atoms with Crippen LogP contribution in [0.4, 0.5) is 11.4 Å². The molecule has 6 heteroatoms. The molecule has 14 heavy (non-hydrogen) atoms. The SMILES string of the molecule is O=CNc1cc([Se])c(NC=O)cc1O. The van der Waals surface area contributed by atoms with Crippen molar-refractivity contribution in [3.63, 3.8) is 0 Å². The Bertz CT molecular complexity index is 332. The molecule has 5 nitrogen and oxygen atoms in total. The van der Waals surface area contributed by atoms with Gasteiger partial charge in [-0.25, -0.2) is 0 Å². The zero-order valence-electron chi connectivity index (χ0n) is 6.98. The van der Waals surface area contributed by atoms with Crippen molar-refractivity contribution in [2.45, 2.75) is 0 Å². The Morgan fingerprint density at radius 3 is 2.29 bits per heavy atom. The van der Waals surface area contributed by atoms with Crippen molar-refractivity contribution in [3.05, 3.63) is 12.1 Å². The third-order valence-electron chi connectivity index (χ3n) is 1.53. The van der Waals surface area contributed by atoms with Gasteiger partial charge in [0, 0.05) is 0 Å². The molecule has 2 amide bonds. The average Bonchev–Trinajstić information content (AvgIpc) is 2.14. The normalized spacial score (nSPS) is 9.14. The monoisotopic (exact) mass is 259 g/mol. The molecule has 0 fully saturated rings. The van der Waals surface area contributed by atoms with Gasteiger partial charge in [-0.2, -0.15) is 0 Å². The van der Waals surface area contributed by atoms with Gasteiger partial charge in [-0.05, 0) is 0 Å². The summed E-state index contributed by atoms with van der Waals surface area (Å²) in [5.74, 6) is -0.111. The molecule has 1 rings (SSSR count). The Morgan fingerprint density at radius 1 is 1.14 bits per heavy atom. The molecule has 1 aromatic carbocycles. The first-order valence-corrected chi connectivity index (χ1v) is 4.49. The standard InChI is InChI=1S/C8H7N2O3Se/c11-3-9-5-2-8(14)6(10-4-12)1-7(5)13/h1-4,13H,(H,9,11)(H,10,12). The van der Waals surface area contributed by atoms with Crippen LogP contribution in [-0.2, 0) is 9.59 Å². The zero-order valence-corrected chi connectivity index (χ0v) is 8.69. The van der Waals surface area contributed by atoms with Crippen LogP contribution in [0.15, 0.2) is 12.1 Å². The van der Waals surface area contributed by atoms with E-state index in [2.05, 4.69) is 26.6 Å². The Morgan fingerprint density at radius 2 is 1.71 bits per heavy atom. The first-order valence-electron chi connectivity index (χ1n) is 3.63. The minimum atomic E-state index is -0.111. The van der Waals surface area contributed by atoms with E-state index in [1.165, 1.54) is 12.1 Å². The van der Waals surface area contributed by atoms with E-state index in [1.807, 2.05) is 0 Å². The molecule has 1 aromatic rings. The van der Waals surface area contributed by atoms with Crippen LogP contribution in [-0.4, -0.2) is 33.9 Å². The van der Waals surface area contributed by atoms with Crippen molar-refractivity contribution < 1.29 is 14.7 Å². The fraction of sp³-hybridized carbons (Fsp3) is 0. The summed E-state index contributed by atoms with van der Waals surface area (Å²) in [4.78, 5) is 20.3. The number of hydrogen-bond acceptors (Lipinski definition) is 3.